The molecule has 0 unspecified atom stereocenters. The van der Waals surface area contributed by atoms with Gasteiger partial charge in [0, 0.05) is 13.8 Å². The quantitative estimate of drug-likeness (QED) is 0.511. The zero-order chi connectivity index (χ0) is 9.42. The zero-order valence-corrected chi connectivity index (χ0v) is 11.0. The van der Waals surface area contributed by atoms with Gasteiger partial charge in [-0.25, -0.2) is 0 Å². The van der Waals surface area contributed by atoms with Crippen LogP contribution in [0.3, 0.4) is 0 Å². The third-order valence-electron chi connectivity index (χ3n) is 1.84. The number of hydrogen-bond acceptors (Lipinski definition) is 1. The predicted octanol–water partition coefficient (Wildman–Crippen LogP) is 4.90. The first-order valence-electron chi connectivity index (χ1n) is 3.65. The van der Waals surface area contributed by atoms with Crippen molar-refractivity contribution in [2.75, 3.05) is 0 Å². The highest BCUT2D eigenvalue weighted by Crippen LogP contribution is 2.36. The van der Waals surface area contributed by atoms with Gasteiger partial charge in [0.2, 0.25) is 0 Å². The molecule has 0 aliphatic carbocycles. The first kappa shape index (κ1) is 10.0. The van der Waals surface area contributed by atoms with Crippen molar-refractivity contribution in [2.24, 2.45) is 0 Å². The highest BCUT2D eigenvalue weighted by Gasteiger charge is 2.09. The molecule has 0 aliphatic heterocycles. The fraction of sp³-hybridized carbons (Fsp3) is 0.111. The Bertz CT molecular complexity index is 450. The summed E-state index contributed by atoms with van der Waals surface area (Å²) in [4.78, 5) is 0. The fourth-order valence-corrected chi connectivity index (χ4v) is 3.48. The van der Waals surface area contributed by atoms with Crippen molar-refractivity contribution < 1.29 is 0 Å². The zero-order valence-electron chi connectivity index (χ0n) is 6.48. The van der Waals surface area contributed by atoms with E-state index in [0.29, 0.717) is 5.88 Å². The first-order valence-corrected chi connectivity index (χ1v) is 6.45. The van der Waals surface area contributed by atoms with E-state index in [1.165, 1.54) is 13.7 Å². The Morgan fingerprint density at radius 3 is 2.85 bits per heavy atom. The minimum absolute atomic E-state index is 0.485. The van der Waals surface area contributed by atoms with E-state index in [2.05, 4.69) is 40.8 Å². The lowest BCUT2D eigenvalue weighted by molar-refractivity contribution is 1.49. The smallest absolute Gasteiger partial charge is 0.0984 e. The highest BCUT2D eigenvalue weighted by molar-refractivity contribution is 14.1. The number of fused-ring (bicyclic) bond motifs is 1. The Morgan fingerprint density at radius 1 is 1.38 bits per heavy atom. The van der Waals surface area contributed by atoms with Gasteiger partial charge >= 0.3 is 0 Å². The van der Waals surface area contributed by atoms with Gasteiger partial charge in [-0.3, -0.25) is 0 Å². The Balaban J connectivity index is 2.80. The Labute approximate surface area is 104 Å². The maximum absolute atomic E-state index is 6.05. The summed E-state index contributed by atoms with van der Waals surface area (Å²) in [6, 6.07) is 6.29. The van der Waals surface area contributed by atoms with Crippen molar-refractivity contribution >= 4 is 67.2 Å². The summed E-state index contributed by atoms with van der Waals surface area (Å²) < 4.78 is 3.24. The molecule has 1 aromatic carbocycles. The second kappa shape index (κ2) is 3.93. The van der Waals surface area contributed by atoms with Crippen LogP contribution in [0.4, 0.5) is 0 Å². The van der Waals surface area contributed by atoms with E-state index < -0.39 is 0 Å². The molecule has 1 aromatic heterocycles. The molecule has 0 N–H and O–H groups in total. The maximum atomic E-state index is 6.05. The van der Waals surface area contributed by atoms with Gasteiger partial charge in [0.05, 0.1) is 10.2 Å². The standard InChI is InChI=1S/C9H5Cl2IS/c10-4-7-6-3-5(12)1-2-8(6)13-9(7)11/h1-3H,4H2. The van der Waals surface area contributed by atoms with Crippen molar-refractivity contribution in [3.8, 4) is 0 Å². The summed E-state index contributed by atoms with van der Waals surface area (Å²) in [5, 5.41) is 1.19. The van der Waals surface area contributed by atoms with E-state index >= 15 is 0 Å². The van der Waals surface area contributed by atoms with Crippen LogP contribution in [0, 0.1) is 3.57 Å². The van der Waals surface area contributed by atoms with Crippen LogP contribution in [0.2, 0.25) is 4.34 Å². The molecule has 4 heteroatoms. The van der Waals surface area contributed by atoms with E-state index in [-0.39, 0.29) is 0 Å². The van der Waals surface area contributed by atoms with Crippen molar-refractivity contribution in [3.63, 3.8) is 0 Å². The number of hydrogen-bond donors (Lipinski definition) is 0. The summed E-state index contributed by atoms with van der Waals surface area (Å²) in [6.07, 6.45) is 0. The Kier molecular flexibility index (Phi) is 3.03. The van der Waals surface area contributed by atoms with Crippen molar-refractivity contribution in [3.05, 3.63) is 31.7 Å². The van der Waals surface area contributed by atoms with Gasteiger partial charge in [0.25, 0.3) is 0 Å². The SMILES string of the molecule is ClCc1c(Cl)sc2ccc(I)cc12. The normalized spacial score (nSPS) is 11.0. The lowest BCUT2D eigenvalue weighted by atomic mass is 10.2. The summed E-state index contributed by atoms with van der Waals surface area (Å²) in [5.74, 6) is 0.485. The van der Waals surface area contributed by atoms with Crippen LogP contribution in [-0.4, -0.2) is 0 Å². The molecule has 0 nitrogen and oxygen atoms in total. The van der Waals surface area contributed by atoms with Crippen LogP contribution < -0.4 is 0 Å². The van der Waals surface area contributed by atoms with Gasteiger partial charge in [-0.15, -0.1) is 22.9 Å². The summed E-state index contributed by atoms with van der Waals surface area (Å²) in [5.41, 5.74) is 1.06. The van der Waals surface area contributed by atoms with Crippen LogP contribution in [-0.2, 0) is 5.88 Å². The molecule has 68 valence electrons. The molecule has 1 heterocycles. The molecule has 0 amide bonds. The van der Waals surface area contributed by atoms with Crippen LogP contribution in [0.15, 0.2) is 18.2 Å². The number of thiophene rings is 1. The van der Waals surface area contributed by atoms with Crippen LogP contribution in [0.25, 0.3) is 10.1 Å². The van der Waals surface area contributed by atoms with E-state index in [1.807, 2.05) is 0 Å². The Morgan fingerprint density at radius 2 is 2.15 bits per heavy atom. The molecule has 0 spiro atoms. The van der Waals surface area contributed by atoms with Gasteiger partial charge in [-0.05, 0) is 46.2 Å². The molecular formula is C9H5Cl2IS. The number of rotatable bonds is 1. The monoisotopic (exact) mass is 342 g/mol. The lowest BCUT2D eigenvalue weighted by Crippen LogP contribution is -1.75. The minimum atomic E-state index is 0.485. The van der Waals surface area contributed by atoms with E-state index in [0.717, 1.165) is 9.90 Å². The van der Waals surface area contributed by atoms with Crippen molar-refractivity contribution in [2.45, 2.75) is 5.88 Å². The number of halogens is 3. The number of alkyl halides is 1. The van der Waals surface area contributed by atoms with Gasteiger partial charge in [0.15, 0.2) is 0 Å². The Hall–Kier alpha value is 0.490. The van der Waals surface area contributed by atoms with Gasteiger partial charge in [-0.1, -0.05) is 11.6 Å². The van der Waals surface area contributed by atoms with Gasteiger partial charge in [0.1, 0.15) is 0 Å². The van der Waals surface area contributed by atoms with Crippen LogP contribution >= 0.6 is 57.1 Å². The third-order valence-corrected chi connectivity index (χ3v) is 4.24. The topological polar surface area (TPSA) is 0 Å². The molecule has 2 aromatic rings. The van der Waals surface area contributed by atoms with E-state index in [1.54, 1.807) is 11.3 Å². The summed E-state index contributed by atoms with van der Waals surface area (Å²) in [6.45, 7) is 0. The molecule has 0 bridgehead atoms. The molecule has 0 fully saturated rings. The minimum Gasteiger partial charge on any atom is -0.123 e. The summed E-state index contributed by atoms with van der Waals surface area (Å²) in [7, 11) is 0. The molecule has 13 heavy (non-hydrogen) atoms. The largest absolute Gasteiger partial charge is 0.123 e. The molecule has 0 saturated heterocycles. The molecule has 0 radical (unpaired) electrons. The molecule has 0 aliphatic rings. The van der Waals surface area contributed by atoms with Crippen molar-refractivity contribution in [1.29, 1.82) is 0 Å². The summed E-state index contributed by atoms with van der Waals surface area (Å²) >= 11 is 15.8. The maximum Gasteiger partial charge on any atom is 0.0984 e. The van der Waals surface area contributed by atoms with E-state index in [9.17, 15) is 0 Å². The second-order valence-electron chi connectivity index (χ2n) is 2.63. The third kappa shape index (κ3) is 1.82. The predicted molar refractivity (Wildman–Crippen MR) is 69.1 cm³/mol. The van der Waals surface area contributed by atoms with Gasteiger partial charge in [-0.2, -0.15) is 0 Å². The molecule has 2 rings (SSSR count). The fourth-order valence-electron chi connectivity index (χ4n) is 1.22. The van der Waals surface area contributed by atoms with Crippen LogP contribution in [0.1, 0.15) is 5.56 Å². The lowest BCUT2D eigenvalue weighted by Gasteiger charge is -1.94. The second-order valence-corrected chi connectivity index (χ2v) is 5.80. The molecule has 0 atom stereocenters. The van der Waals surface area contributed by atoms with Crippen molar-refractivity contribution in [1.82, 2.24) is 0 Å². The van der Waals surface area contributed by atoms with Crippen LogP contribution in [0.5, 0.6) is 0 Å². The molecular weight excluding hydrogens is 338 g/mol. The highest BCUT2D eigenvalue weighted by atomic mass is 127. The number of benzene rings is 1. The molecule has 0 saturated carbocycles. The van der Waals surface area contributed by atoms with Gasteiger partial charge < -0.3 is 0 Å². The first-order chi connectivity index (χ1) is 6.22. The average molecular weight is 343 g/mol. The average Bonchev–Trinajstić information content (AvgIpc) is 2.40. The van der Waals surface area contributed by atoms with E-state index in [4.69, 9.17) is 23.2 Å².